The van der Waals surface area contributed by atoms with Gasteiger partial charge in [0, 0.05) is 34.7 Å². The number of halogens is 1. The molecule has 1 aromatic carbocycles. The van der Waals surface area contributed by atoms with E-state index in [4.69, 9.17) is 10.8 Å². The van der Waals surface area contributed by atoms with Crippen LogP contribution in [0.5, 0.6) is 0 Å². The van der Waals surface area contributed by atoms with Gasteiger partial charge in [0.05, 0.1) is 11.3 Å². The van der Waals surface area contributed by atoms with Crippen LogP contribution in [0, 0.1) is 5.82 Å². The Balaban J connectivity index is 2.06. The Morgan fingerprint density at radius 3 is 2.95 bits per heavy atom. The van der Waals surface area contributed by atoms with Crippen LogP contribution in [0.25, 0.3) is 0 Å². The van der Waals surface area contributed by atoms with Crippen LogP contribution in [0.4, 0.5) is 15.8 Å². The van der Waals surface area contributed by atoms with Crippen LogP contribution in [0.15, 0.2) is 12.1 Å². The minimum absolute atomic E-state index is 0.0573. The van der Waals surface area contributed by atoms with E-state index in [-0.39, 0.29) is 16.9 Å². The van der Waals surface area contributed by atoms with E-state index in [1.54, 1.807) is 0 Å². The van der Waals surface area contributed by atoms with E-state index < -0.39 is 11.8 Å². The lowest BCUT2D eigenvalue weighted by Crippen LogP contribution is -2.23. The van der Waals surface area contributed by atoms with Crippen LogP contribution in [0.3, 0.4) is 0 Å². The van der Waals surface area contributed by atoms with Gasteiger partial charge in [-0.1, -0.05) is 0 Å². The number of nitrogens with two attached hydrogens (primary N) is 1. The third-order valence-corrected chi connectivity index (χ3v) is 5.62. The second-order valence-electron chi connectivity index (χ2n) is 4.17. The minimum Gasteiger partial charge on any atom is -0.478 e. The number of carbonyl (C=O) groups is 1. The third-order valence-electron chi connectivity index (χ3n) is 2.77. The summed E-state index contributed by atoms with van der Waals surface area (Å²) in [7, 11) is 0. The maximum absolute atomic E-state index is 13.7. The summed E-state index contributed by atoms with van der Waals surface area (Å²) in [6.07, 6.45) is 0. The first-order chi connectivity index (χ1) is 9.08. The quantitative estimate of drug-likeness (QED) is 0.741. The number of hydrogen-bond donors (Lipinski definition) is 3. The molecule has 0 saturated carbocycles. The Morgan fingerprint density at radius 1 is 1.53 bits per heavy atom. The first kappa shape index (κ1) is 14.3. The highest BCUT2D eigenvalue weighted by Gasteiger charge is 2.17. The number of nitrogen functional groups attached to an aromatic ring is 1. The fourth-order valence-corrected chi connectivity index (χ4v) is 4.40. The Bertz CT molecular complexity index is 479. The Hall–Kier alpha value is -1.08. The Kier molecular flexibility index (Phi) is 4.81. The molecule has 0 aliphatic carbocycles. The van der Waals surface area contributed by atoms with E-state index in [0.29, 0.717) is 11.8 Å². The van der Waals surface area contributed by atoms with E-state index in [2.05, 4.69) is 5.32 Å². The van der Waals surface area contributed by atoms with E-state index >= 15 is 0 Å². The number of hydrogen-bond acceptors (Lipinski definition) is 5. The largest absolute Gasteiger partial charge is 0.478 e. The van der Waals surface area contributed by atoms with Gasteiger partial charge in [0.2, 0.25) is 0 Å². The lowest BCUT2D eigenvalue weighted by Gasteiger charge is -2.22. The van der Waals surface area contributed by atoms with Gasteiger partial charge in [-0.05, 0) is 12.1 Å². The van der Waals surface area contributed by atoms with Crippen molar-refractivity contribution in [2.24, 2.45) is 0 Å². The van der Waals surface area contributed by atoms with Crippen molar-refractivity contribution >= 4 is 40.9 Å². The topological polar surface area (TPSA) is 75.3 Å². The van der Waals surface area contributed by atoms with Crippen LogP contribution >= 0.6 is 23.5 Å². The molecule has 7 heteroatoms. The molecule has 0 aromatic heterocycles. The Labute approximate surface area is 119 Å². The number of thioether (sulfide) groups is 2. The van der Waals surface area contributed by atoms with E-state index in [9.17, 15) is 9.18 Å². The maximum Gasteiger partial charge on any atom is 0.337 e. The molecule has 1 unspecified atom stereocenters. The number of carboxylic acids is 1. The molecule has 1 aliphatic rings. The van der Waals surface area contributed by atoms with Gasteiger partial charge < -0.3 is 16.2 Å². The van der Waals surface area contributed by atoms with Crippen molar-refractivity contribution in [3.63, 3.8) is 0 Å². The molecule has 1 fully saturated rings. The molecule has 1 aromatic rings. The second-order valence-corrected chi connectivity index (χ2v) is 6.73. The molecule has 4 N–H and O–H groups in total. The average molecular weight is 302 g/mol. The van der Waals surface area contributed by atoms with Gasteiger partial charge >= 0.3 is 5.97 Å². The smallest absolute Gasteiger partial charge is 0.337 e. The highest BCUT2D eigenvalue weighted by Crippen LogP contribution is 2.26. The van der Waals surface area contributed by atoms with Crippen molar-refractivity contribution in [1.29, 1.82) is 0 Å². The van der Waals surface area contributed by atoms with Crippen LogP contribution < -0.4 is 11.1 Å². The van der Waals surface area contributed by atoms with Crippen molar-refractivity contribution in [3.8, 4) is 0 Å². The second kappa shape index (κ2) is 6.38. The molecule has 1 saturated heterocycles. The van der Waals surface area contributed by atoms with Gasteiger partial charge in [0.25, 0.3) is 0 Å². The summed E-state index contributed by atoms with van der Waals surface area (Å²) in [5, 5.41) is 12.4. The highest BCUT2D eigenvalue weighted by atomic mass is 32.2. The molecular formula is C12H15FN2O2S2. The van der Waals surface area contributed by atoms with E-state index in [1.165, 1.54) is 6.07 Å². The van der Waals surface area contributed by atoms with Gasteiger partial charge in [-0.3, -0.25) is 0 Å². The standard InChI is InChI=1S/C12H15FN2O2S2/c13-9-4-10(14)8(12(16)17)3-11(9)15-5-7-6-18-1-2-19-7/h3-4,7,15H,1-2,5-6,14H2,(H,16,17). The zero-order chi connectivity index (χ0) is 13.8. The summed E-state index contributed by atoms with van der Waals surface area (Å²) in [5.74, 6) is 1.61. The molecular weight excluding hydrogens is 287 g/mol. The third kappa shape index (κ3) is 3.70. The fourth-order valence-electron chi connectivity index (χ4n) is 1.79. The monoisotopic (exact) mass is 302 g/mol. The molecule has 0 radical (unpaired) electrons. The normalized spacial score (nSPS) is 19.1. The summed E-state index contributed by atoms with van der Waals surface area (Å²) in [5.41, 5.74) is 5.54. The van der Waals surface area contributed by atoms with Crippen molar-refractivity contribution < 1.29 is 14.3 Å². The molecule has 0 amide bonds. The average Bonchev–Trinajstić information content (AvgIpc) is 2.38. The van der Waals surface area contributed by atoms with Gasteiger partial charge in [-0.2, -0.15) is 23.5 Å². The first-order valence-electron chi connectivity index (χ1n) is 5.83. The fraction of sp³-hybridized carbons (Fsp3) is 0.417. The number of aromatic carboxylic acids is 1. The van der Waals surface area contributed by atoms with Gasteiger partial charge in [0.1, 0.15) is 5.82 Å². The SMILES string of the molecule is Nc1cc(F)c(NCC2CSCCS2)cc1C(=O)O. The number of anilines is 2. The minimum atomic E-state index is -1.15. The highest BCUT2D eigenvalue weighted by molar-refractivity contribution is 8.06. The van der Waals surface area contributed by atoms with Gasteiger partial charge in [0.15, 0.2) is 0 Å². The summed E-state index contributed by atoms with van der Waals surface area (Å²) < 4.78 is 13.7. The molecule has 19 heavy (non-hydrogen) atoms. The molecule has 0 spiro atoms. The number of benzene rings is 1. The van der Waals surface area contributed by atoms with Crippen LogP contribution in [-0.4, -0.2) is 40.1 Å². The number of nitrogens with one attached hydrogen (secondary N) is 1. The summed E-state index contributed by atoms with van der Waals surface area (Å²) in [6.45, 7) is 0.623. The molecule has 4 nitrogen and oxygen atoms in total. The first-order valence-corrected chi connectivity index (χ1v) is 8.04. The van der Waals surface area contributed by atoms with Crippen LogP contribution in [-0.2, 0) is 0 Å². The lowest BCUT2D eigenvalue weighted by molar-refractivity contribution is 0.0698. The predicted octanol–water partition coefficient (Wildman–Crippen LogP) is 2.37. The van der Waals surface area contributed by atoms with Crippen molar-refractivity contribution in [3.05, 3.63) is 23.5 Å². The summed E-state index contributed by atoms with van der Waals surface area (Å²) in [6, 6.07) is 2.31. The molecule has 2 rings (SSSR count). The zero-order valence-corrected chi connectivity index (χ0v) is 11.8. The summed E-state index contributed by atoms with van der Waals surface area (Å²) >= 11 is 3.74. The van der Waals surface area contributed by atoms with Crippen molar-refractivity contribution in [1.82, 2.24) is 0 Å². The molecule has 1 heterocycles. The summed E-state index contributed by atoms with van der Waals surface area (Å²) in [4.78, 5) is 11.0. The molecule has 1 aliphatic heterocycles. The van der Waals surface area contributed by atoms with Gasteiger partial charge in [-0.15, -0.1) is 0 Å². The zero-order valence-electron chi connectivity index (χ0n) is 10.2. The van der Waals surface area contributed by atoms with Crippen molar-refractivity contribution in [2.75, 3.05) is 34.9 Å². The predicted molar refractivity (Wildman–Crippen MR) is 79.8 cm³/mol. The lowest BCUT2D eigenvalue weighted by atomic mass is 10.1. The molecule has 0 bridgehead atoms. The van der Waals surface area contributed by atoms with Crippen LogP contribution in [0.2, 0.25) is 0 Å². The van der Waals surface area contributed by atoms with E-state index in [1.807, 2.05) is 23.5 Å². The Morgan fingerprint density at radius 2 is 2.32 bits per heavy atom. The van der Waals surface area contributed by atoms with Crippen LogP contribution in [0.1, 0.15) is 10.4 Å². The molecule has 104 valence electrons. The van der Waals surface area contributed by atoms with E-state index in [0.717, 1.165) is 23.3 Å². The number of rotatable bonds is 4. The number of carboxylic acid groups (broad SMARTS) is 1. The maximum atomic E-state index is 13.7. The van der Waals surface area contributed by atoms with Crippen molar-refractivity contribution in [2.45, 2.75) is 5.25 Å². The van der Waals surface area contributed by atoms with Gasteiger partial charge in [-0.25, -0.2) is 9.18 Å². The molecule has 1 atom stereocenters.